The van der Waals surface area contributed by atoms with Crippen LogP contribution < -0.4 is 10.2 Å². The summed E-state index contributed by atoms with van der Waals surface area (Å²) >= 11 is 0. The molecule has 0 spiro atoms. The van der Waals surface area contributed by atoms with Crippen LogP contribution in [0.25, 0.3) is 0 Å². The van der Waals surface area contributed by atoms with Crippen LogP contribution >= 0.6 is 0 Å². The molecule has 1 aromatic heterocycles. The second-order valence-corrected chi connectivity index (χ2v) is 6.19. The minimum atomic E-state index is 0.108. The first kappa shape index (κ1) is 16.5. The highest BCUT2D eigenvalue weighted by Gasteiger charge is 2.20. The number of nitrogens with one attached hydrogen (secondary N) is 1. The second kappa shape index (κ2) is 7.97. The van der Waals surface area contributed by atoms with Crippen molar-refractivity contribution in [2.24, 2.45) is 7.05 Å². The van der Waals surface area contributed by atoms with Crippen LogP contribution in [0.2, 0.25) is 0 Å². The number of hydrogen-bond donors (Lipinski definition) is 1. The summed E-state index contributed by atoms with van der Waals surface area (Å²) in [6, 6.07) is 10.2. The lowest BCUT2D eigenvalue weighted by Gasteiger charge is -2.34. The fourth-order valence-electron chi connectivity index (χ4n) is 3.02. The maximum atomic E-state index is 12.1. The van der Waals surface area contributed by atoms with Gasteiger partial charge in [-0.05, 0) is 12.0 Å². The normalized spacial score (nSPS) is 15.5. The number of piperazine rings is 1. The van der Waals surface area contributed by atoms with E-state index in [0.717, 1.165) is 38.5 Å². The third-order valence-electron chi connectivity index (χ3n) is 4.40. The third kappa shape index (κ3) is 4.35. The molecule has 0 saturated carbocycles. The molecule has 1 N–H and O–H groups in total. The number of benzene rings is 1. The summed E-state index contributed by atoms with van der Waals surface area (Å²) in [5.74, 6) is 1.11. The van der Waals surface area contributed by atoms with E-state index in [2.05, 4.69) is 32.2 Å². The number of anilines is 1. The fraction of sp³-hybridized carbons (Fsp3) is 0.444. The van der Waals surface area contributed by atoms with Crippen LogP contribution in [-0.2, 0) is 18.3 Å². The summed E-state index contributed by atoms with van der Waals surface area (Å²) < 4.78 is 2.03. The van der Waals surface area contributed by atoms with Gasteiger partial charge in [-0.25, -0.2) is 4.98 Å². The number of hydrogen-bond acceptors (Lipinski definition) is 4. The van der Waals surface area contributed by atoms with Crippen molar-refractivity contribution in [1.82, 2.24) is 19.8 Å². The second-order valence-electron chi connectivity index (χ2n) is 6.19. The summed E-state index contributed by atoms with van der Waals surface area (Å²) in [5.41, 5.74) is 1.25. The van der Waals surface area contributed by atoms with Gasteiger partial charge in [-0.1, -0.05) is 30.3 Å². The minimum Gasteiger partial charge on any atom is -0.355 e. The molecule has 1 amide bonds. The van der Waals surface area contributed by atoms with E-state index >= 15 is 0 Å². The Morgan fingerprint density at radius 3 is 2.58 bits per heavy atom. The lowest BCUT2D eigenvalue weighted by molar-refractivity contribution is -0.122. The summed E-state index contributed by atoms with van der Waals surface area (Å²) in [4.78, 5) is 20.9. The van der Waals surface area contributed by atoms with Crippen molar-refractivity contribution in [2.75, 3.05) is 44.2 Å². The number of aryl methyl sites for hydroxylation is 1. The fourth-order valence-corrected chi connectivity index (χ4v) is 3.02. The average molecular weight is 327 g/mol. The van der Waals surface area contributed by atoms with Crippen molar-refractivity contribution in [3.05, 3.63) is 48.3 Å². The van der Waals surface area contributed by atoms with Crippen molar-refractivity contribution in [1.29, 1.82) is 0 Å². The van der Waals surface area contributed by atoms with Crippen LogP contribution in [0, 0.1) is 0 Å². The molecule has 1 aliphatic heterocycles. The third-order valence-corrected chi connectivity index (χ3v) is 4.40. The highest BCUT2D eigenvalue weighted by Crippen LogP contribution is 2.12. The molecule has 1 fully saturated rings. The zero-order chi connectivity index (χ0) is 16.8. The van der Waals surface area contributed by atoms with Gasteiger partial charge in [-0.3, -0.25) is 9.69 Å². The van der Waals surface area contributed by atoms with E-state index in [1.165, 1.54) is 5.56 Å². The molecule has 6 heteroatoms. The molecule has 2 aromatic rings. The summed E-state index contributed by atoms with van der Waals surface area (Å²) in [5, 5.41) is 3.02. The van der Waals surface area contributed by atoms with E-state index in [9.17, 15) is 4.79 Å². The van der Waals surface area contributed by atoms with E-state index in [0.29, 0.717) is 13.1 Å². The van der Waals surface area contributed by atoms with Crippen LogP contribution in [0.4, 0.5) is 5.95 Å². The molecule has 1 aromatic carbocycles. The van der Waals surface area contributed by atoms with Crippen molar-refractivity contribution in [3.8, 4) is 0 Å². The molecule has 2 heterocycles. The molecule has 0 aliphatic carbocycles. The number of imidazole rings is 1. The Hall–Kier alpha value is -2.34. The van der Waals surface area contributed by atoms with Crippen LogP contribution in [0.1, 0.15) is 5.56 Å². The molecule has 128 valence electrons. The number of amides is 1. The van der Waals surface area contributed by atoms with E-state index in [4.69, 9.17) is 0 Å². The topological polar surface area (TPSA) is 53.4 Å². The number of carbonyl (C=O) groups excluding carboxylic acids is 1. The largest absolute Gasteiger partial charge is 0.355 e. The Balaban J connectivity index is 1.36. The average Bonchev–Trinajstić information content (AvgIpc) is 3.03. The van der Waals surface area contributed by atoms with Crippen LogP contribution in [0.15, 0.2) is 42.7 Å². The number of rotatable bonds is 6. The zero-order valence-electron chi connectivity index (χ0n) is 14.2. The van der Waals surface area contributed by atoms with Crippen molar-refractivity contribution in [3.63, 3.8) is 0 Å². The smallest absolute Gasteiger partial charge is 0.234 e. The van der Waals surface area contributed by atoms with Crippen molar-refractivity contribution in [2.45, 2.75) is 6.42 Å². The predicted molar refractivity (Wildman–Crippen MR) is 95.0 cm³/mol. The summed E-state index contributed by atoms with van der Waals surface area (Å²) in [6.45, 7) is 4.75. The maximum absolute atomic E-state index is 12.1. The van der Waals surface area contributed by atoms with Gasteiger partial charge in [0.25, 0.3) is 0 Å². The van der Waals surface area contributed by atoms with Gasteiger partial charge in [-0.2, -0.15) is 0 Å². The number of nitrogens with zero attached hydrogens (tertiary/aromatic N) is 4. The molecule has 1 saturated heterocycles. The zero-order valence-corrected chi connectivity index (χ0v) is 14.2. The van der Waals surface area contributed by atoms with Crippen LogP contribution in [-0.4, -0.2) is 59.6 Å². The molecular weight excluding hydrogens is 302 g/mol. The van der Waals surface area contributed by atoms with Crippen molar-refractivity contribution < 1.29 is 4.79 Å². The Kier molecular flexibility index (Phi) is 5.48. The molecule has 6 nitrogen and oxygen atoms in total. The van der Waals surface area contributed by atoms with E-state index in [1.54, 1.807) is 0 Å². The first-order valence-electron chi connectivity index (χ1n) is 8.47. The van der Waals surface area contributed by atoms with Gasteiger partial charge >= 0.3 is 0 Å². The van der Waals surface area contributed by atoms with Gasteiger partial charge in [0.15, 0.2) is 0 Å². The first-order valence-corrected chi connectivity index (χ1v) is 8.47. The highest BCUT2D eigenvalue weighted by atomic mass is 16.2. The van der Waals surface area contributed by atoms with Crippen LogP contribution in [0.5, 0.6) is 0 Å². The summed E-state index contributed by atoms with van der Waals surface area (Å²) in [7, 11) is 2.01. The lowest BCUT2D eigenvalue weighted by atomic mass is 10.1. The van der Waals surface area contributed by atoms with Gasteiger partial charge in [0, 0.05) is 52.2 Å². The monoisotopic (exact) mass is 327 g/mol. The Morgan fingerprint density at radius 2 is 1.92 bits per heavy atom. The Bertz CT molecular complexity index is 646. The Morgan fingerprint density at radius 1 is 1.17 bits per heavy atom. The van der Waals surface area contributed by atoms with Gasteiger partial charge in [0.2, 0.25) is 11.9 Å². The van der Waals surface area contributed by atoms with Gasteiger partial charge in [0.05, 0.1) is 6.54 Å². The van der Waals surface area contributed by atoms with Gasteiger partial charge < -0.3 is 14.8 Å². The molecule has 0 bridgehead atoms. The van der Waals surface area contributed by atoms with Gasteiger partial charge in [-0.15, -0.1) is 0 Å². The maximum Gasteiger partial charge on any atom is 0.234 e. The van der Waals surface area contributed by atoms with E-state index in [-0.39, 0.29) is 5.91 Å². The molecule has 24 heavy (non-hydrogen) atoms. The predicted octanol–water partition coefficient (Wildman–Crippen LogP) is 0.901. The molecule has 0 unspecified atom stereocenters. The quantitative estimate of drug-likeness (QED) is 0.857. The molecule has 1 aliphatic rings. The van der Waals surface area contributed by atoms with E-state index < -0.39 is 0 Å². The van der Waals surface area contributed by atoms with Crippen molar-refractivity contribution >= 4 is 11.9 Å². The molecule has 0 atom stereocenters. The molecule has 0 radical (unpaired) electrons. The SMILES string of the molecule is Cn1ccnc1N1CCN(CC(=O)NCCc2ccccc2)CC1. The lowest BCUT2D eigenvalue weighted by Crippen LogP contribution is -2.50. The standard InChI is InChI=1S/C18H25N5O/c1-21-10-9-20-18(21)23-13-11-22(12-14-23)15-17(24)19-8-7-16-5-3-2-4-6-16/h2-6,9-10H,7-8,11-15H2,1H3,(H,19,24). The number of aromatic nitrogens is 2. The number of carbonyl (C=O) groups is 1. The first-order chi connectivity index (χ1) is 11.7. The minimum absolute atomic E-state index is 0.108. The molecule has 3 rings (SSSR count). The summed E-state index contributed by atoms with van der Waals surface area (Å²) in [6.07, 6.45) is 4.66. The highest BCUT2D eigenvalue weighted by molar-refractivity contribution is 5.78. The van der Waals surface area contributed by atoms with Crippen LogP contribution in [0.3, 0.4) is 0 Å². The Labute approximate surface area is 143 Å². The van der Waals surface area contributed by atoms with Gasteiger partial charge in [0.1, 0.15) is 0 Å². The van der Waals surface area contributed by atoms with E-state index in [1.807, 2.05) is 42.2 Å². The molecular formula is C18H25N5O.